The Morgan fingerprint density at radius 1 is 1.48 bits per heavy atom. The lowest BCUT2D eigenvalue weighted by atomic mass is 9.93. The SMILES string of the molecule is CC(C)CC(CCO)CNC(=O)C1COc2ccc(F)cc2C1. The number of aliphatic hydroxyl groups excluding tert-OH is 1. The molecule has 0 saturated carbocycles. The highest BCUT2D eigenvalue weighted by Gasteiger charge is 2.26. The normalized spacial score (nSPS) is 18.2. The molecule has 1 aliphatic heterocycles. The molecule has 128 valence electrons. The summed E-state index contributed by atoms with van der Waals surface area (Å²) in [6.07, 6.45) is 2.15. The van der Waals surface area contributed by atoms with E-state index in [2.05, 4.69) is 19.2 Å². The minimum atomic E-state index is -0.312. The summed E-state index contributed by atoms with van der Waals surface area (Å²) in [6, 6.07) is 4.41. The largest absolute Gasteiger partial charge is 0.492 e. The van der Waals surface area contributed by atoms with E-state index in [1.54, 1.807) is 6.07 Å². The van der Waals surface area contributed by atoms with Crippen molar-refractivity contribution in [3.63, 3.8) is 0 Å². The lowest BCUT2D eigenvalue weighted by Crippen LogP contribution is -2.39. The van der Waals surface area contributed by atoms with Crippen molar-refractivity contribution in [3.8, 4) is 5.75 Å². The van der Waals surface area contributed by atoms with E-state index < -0.39 is 0 Å². The van der Waals surface area contributed by atoms with Crippen molar-refractivity contribution in [1.29, 1.82) is 0 Å². The number of benzene rings is 1. The van der Waals surface area contributed by atoms with Crippen LogP contribution in [-0.4, -0.2) is 30.8 Å². The van der Waals surface area contributed by atoms with Gasteiger partial charge in [0.2, 0.25) is 5.91 Å². The first-order valence-electron chi connectivity index (χ1n) is 8.29. The van der Waals surface area contributed by atoms with Crippen LogP contribution in [0.1, 0.15) is 32.3 Å². The van der Waals surface area contributed by atoms with E-state index in [0.717, 1.165) is 12.0 Å². The molecule has 4 nitrogen and oxygen atoms in total. The van der Waals surface area contributed by atoms with Crippen LogP contribution in [0.3, 0.4) is 0 Å². The van der Waals surface area contributed by atoms with Gasteiger partial charge in [0.15, 0.2) is 0 Å². The summed E-state index contributed by atoms with van der Waals surface area (Å²) in [4.78, 5) is 12.3. The molecule has 0 fully saturated rings. The number of hydrogen-bond donors (Lipinski definition) is 2. The molecule has 1 aromatic carbocycles. The molecule has 1 aliphatic rings. The zero-order valence-electron chi connectivity index (χ0n) is 13.8. The molecule has 2 N–H and O–H groups in total. The van der Waals surface area contributed by atoms with Crippen LogP contribution < -0.4 is 10.1 Å². The fraction of sp³-hybridized carbons (Fsp3) is 0.611. The molecule has 2 rings (SSSR count). The van der Waals surface area contributed by atoms with Gasteiger partial charge < -0.3 is 15.2 Å². The monoisotopic (exact) mass is 323 g/mol. The van der Waals surface area contributed by atoms with Crippen molar-refractivity contribution in [2.75, 3.05) is 19.8 Å². The summed E-state index contributed by atoms with van der Waals surface area (Å²) < 4.78 is 18.9. The van der Waals surface area contributed by atoms with Gasteiger partial charge in [0, 0.05) is 13.2 Å². The maximum absolute atomic E-state index is 13.3. The molecule has 0 aliphatic carbocycles. The van der Waals surface area contributed by atoms with Gasteiger partial charge in [-0.3, -0.25) is 4.79 Å². The zero-order valence-corrected chi connectivity index (χ0v) is 13.8. The summed E-state index contributed by atoms with van der Waals surface area (Å²) in [5.74, 6) is 0.793. The Balaban J connectivity index is 1.88. The molecule has 1 aromatic rings. The van der Waals surface area contributed by atoms with Gasteiger partial charge in [-0.15, -0.1) is 0 Å². The van der Waals surface area contributed by atoms with Gasteiger partial charge >= 0.3 is 0 Å². The van der Waals surface area contributed by atoms with Crippen LogP contribution in [0.15, 0.2) is 18.2 Å². The molecule has 1 heterocycles. The molecular formula is C18H26FNO3. The smallest absolute Gasteiger partial charge is 0.226 e. The highest BCUT2D eigenvalue weighted by Crippen LogP contribution is 2.28. The number of amides is 1. The van der Waals surface area contributed by atoms with Crippen molar-refractivity contribution in [1.82, 2.24) is 5.32 Å². The average Bonchev–Trinajstić information content (AvgIpc) is 2.51. The van der Waals surface area contributed by atoms with Gasteiger partial charge in [-0.1, -0.05) is 13.8 Å². The highest BCUT2D eigenvalue weighted by atomic mass is 19.1. The first kappa shape index (κ1) is 17.7. The lowest BCUT2D eigenvalue weighted by Gasteiger charge is -2.26. The Hall–Kier alpha value is -1.62. The van der Waals surface area contributed by atoms with Crippen molar-refractivity contribution in [2.45, 2.75) is 33.1 Å². The Morgan fingerprint density at radius 3 is 2.96 bits per heavy atom. The fourth-order valence-electron chi connectivity index (χ4n) is 3.07. The van der Waals surface area contributed by atoms with Gasteiger partial charge in [-0.05, 0) is 54.9 Å². The van der Waals surface area contributed by atoms with Crippen molar-refractivity contribution in [3.05, 3.63) is 29.6 Å². The molecule has 0 bridgehead atoms. The van der Waals surface area contributed by atoms with E-state index in [4.69, 9.17) is 9.84 Å². The molecule has 23 heavy (non-hydrogen) atoms. The van der Waals surface area contributed by atoms with Crippen LogP contribution in [0.4, 0.5) is 4.39 Å². The number of aliphatic hydroxyl groups is 1. The lowest BCUT2D eigenvalue weighted by molar-refractivity contribution is -0.126. The quantitative estimate of drug-likeness (QED) is 0.811. The van der Waals surface area contributed by atoms with Gasteiger partial charge in [0.1, 0.15) is 18.2 Å². The van der Waals surface area contributed by atoms with E-state index in [-0.39, 0.29) is 30.2 Å². The summed E-state index contributed by atoms with van der Waals surface area (Å²) in [5, 5.41) is 12.1. The Kier molecular flexibility index (Phi) is 6.39. The third-order valence-corrected chi connectivity index (χ3v) is 4.21. The number of carbonyl (C=O) groups excluding carboxylic acids is 1. The Morgan fingerprint density at radius 2 is 2.26 bits per heavy atom. The van der Waals surface area contributed by atoms with Crippen molar-refractivity contribution in [2.24, 2.45) is 17.8 Å². The third-order valence-electron chi connectivity index (χ3n) is 4.21. The first-order valence-corrected chi connectivity index (χ1v) is 8.29. The minimum absolute atomic E-state index is 0.0633. The number of carbonyl (C=O) groups is 1. The maximum Gasteiger partial charge on any atom is 0.226 e. The van der Waals surface area contributed by atoms with Crippen molar-refractivity contribution >= 4 is 5.91 Å². The molecular weight excluding hydrogens is 297 g/mol. The summed E-state index contributed by atoms with van der Waals surface area (Å²) in [6.45, 7) is 5.27. The maximum atomic E-state index is 13.3. The van der Waals surface area contributed by atoms with Crippen molar-refractivity contribution < 1.29 is 19.0 Å². The highest BCUT2D eigenvalue weighted by molar-refractivity contribution is 5.79. The summed E-state index contributed by atoms with van der Waals surface area (Å²) in [7, 11) is 0. The number of ether oxygens (including phenoxy) is 1. The van der Waals surface area contributed by atoms with Crippen LogP contribution in [-0.2, 0) is 11.2 Å². The zero-order chi connectivity index (χ0) is 16.8. The molecule has 1 amide bonds. The van der Waals surface area contributed by atoms with Gasteiger partial charge in [0.25, 0.3) is 0 Å². The topological polar surface area (TPSA) is 58.6 Å². The molecule has 2 unspecified atom stereocenters. The first-order chi connectivity index (χ1) is 11.0. The predicted molar refractivity (Wildman–Crippen MR) is 86.7 cm³/mol. The van der Waals surface area contributed by atoms with E-state index in [0.29, 0.717) is 37.7 Å². The molecule has 0 aromatic heterocycles. The van der Waals surface area contributed by atoms with E-state index in [9.17, 15) is 9.18 Å². The van der Waals surface area contributed by atoms with Gasteiger partial charge in [0.05, 0.1) is 5.92 Å². The third kappa shape index (κ3) is 5.20. The second-order valence-electron chi connectivity index (χ2n) is 6.72. The predicted octanol–water partition coefficient (Wildman–Crippen LogP) is 2.54. The van der Waals surface area contributed by atoms with E-state index in [1.165, 1.54) is 12.1 Å². The molecule has 2 atom stereocenters. The minimum Gasteiger partial charge on any atom is -0.492 e. The number of rotatable bonds is 7. The average molecular weight is 323 g/mol. The standard InChI is InChI=1S/C18H26FNO3/c1-12(2)7-13(5-6-21)10-20-18(22)15-8-14-9-16(19)3-4-17(14)23-11-15/h3-4,9,12-13,15,21H,5-8,10-11H2,1-2H3,(H,20,22). The van der Waals surface area contributed by atoms with E-state index in [1.807, 2.05) is 0 Å². The number of halogens is 1. The summed E-state index contributed by atoms with van der Waals surface area (Å²) in [5.41, 5.74) is 0.741. The number of nitrogens with one attached hydrogen (secondary N) is 1. The van der Waals surface area contributed by atoms with Crippen LogP contribution >= 0.6 is 0 Å². The molecule has 0 spiro atoms. The van der Waals surface area contributed by atoms with Crippen LogP contribution in [0.25, 0.3) is 0 Å². The van der Waals surface area contributed by atoms with E-state index >= 15 is 0 Å². The molecule has 0 radical (unpaired) electrons. The molecule has 0 saturated heterocycles. The molecule has 5 heteroatoms. The van der Waals surface area contributed by atoms with Gasteiger partial charge in [-0.25, -0.2) is 4.39 Å². The summed E-state index contributed by atoms with van der Waals surface area (Å²) >= 11 is 0. The Bertz CT molecular complexity index is 533. The number of hydrogen-bond acceptors (Lipinski definition) is 3. The van der Waals surface area contributed by atoms with Crippen LogP contribution in [0.5, 0.6) is 5.75 Å². The fourth-order valence-corrected chi connectivity index (χ4v) is 3.07. The van der Waals surface area contributed by atoms with Crippen LogP contribution in [0, 0.1) is 23.6 Å². The second kappa shape index (κ2) is 8.29. The van der Waals surface area contributed by atoms with Crippen LogP contribution in [0.2, 0.25) is 0 Å². The van der Waals surface area contributed by atoms with Gasteiger partial charge in [-0.2, -0.15) is 0 Å². The second-order valence-corrected chi connectivity index (χ2v) is 6.72. The Labute approximate surface area is 137 Å². The number of fused-ring (bicyclic) bond motifs is 1.